The van der Waals surface area contributed by atoms with Crippen molar-refractivity contribution in [3.63, 3.8) is 0 Å². The highest BCUT2D eigenvalue weighted by molar-refractivity contribution is 8.00. The molecular formula is C18H19NOS. The molecule has 0 aromatic heterocycles. The van der Waals surface area contributed by atoms with Gasteiger partial charge in [-0.25, -0.2) is 0 Å². The zero-order chi connectivity index (χ0) is 14.7. The Labute approximate surface area is 130 Å². The topological polar surface area (TPSA) is 29.1 Å². The predicted octanol–water partition coefficient (Wildman–Crippen LogP) is 4.11. The number of benzene rings is 2. The molecule has 3 rings (SSSR count). The Morgan fingerprint density at radius 1 is 1.10 bits per heavy atom. The molecule has 1 aliphatic carbocycles. The molecule has 0 aliphatic heterocycles. The highest BCUT2D eigenvalue weighted by atomic mass is 32.2. The summed E-state index contributed by atoms with van der Waals surface area (Å²) in [6, 6.07) is 18.7. The normalized spacial score (nSPS) is 15.5. The molecule has 21 heavy (non-hydrogen) atoms. The molecule has 0 bridgehead atoms. The Kier molecular flexibility index (Phi) is 4.30. The van der Waals surface area contributed by atoms with Crippen LogP contribution in [-0.4, -0.2) is 11.9 Å². The van der Waals surface area contributed by atoms with Gasteiger partial charge in [-0.2, -0.15) is 0 Å². The first kappa shape index (κ1) is 14.2. The lowest BCUT2D eigenvalue weighted by molar-refractivity contribution is -0.120. The van der Waals surface area contributed by atoms with E-state index in [1.54, 1.807) is 11.8 Å². The van der Waals surface area contributed by atoms with Gasteiger partial charge in [-0.15, -0.1) is 11.8 Å². The van der Waals surface area contributed by atoms with Gasteiger partial charge in [0, 0.05) is 10.9 Å². The second-order valence-electron chi connectivity index (χ2n) is 5.50. The first-order valence-electron chi connectivity index (χ1n) is 7.31. The van der Waals surface area contributed by atoms with Crippen LogP contribution in [-0.2, 0) is 4.79 Å². The number of carbonyl (C=O) groups is 1. The summed E-state index contributed by atoms with van der Waals surface area (Å²) >= 11 is 1.62. The molecule has 0 saturated heterocycles. The molecular weight excluding hydrogens is 278 g/mol. The van der Waals surface area contributed by atoms with E-state index in [2.05, 4.69) is 36.5 Å². The third kappa shape index (κ3) is 3.88. The molecule has 2 aromatic carbocycles. The van der Waals surface area contributed by atoms with Crippen LogP contribution < -0.4 is 5.32 Å². The lowest BCUT2D eigenvalue weighted by Crippen LogP contribution is -2.29. The van der Waals surface area contributed by atoms with Crippen LogP contribution >= 0.6 is 11.8 Å². The fourth-order valence-corrected chi connectivity index (χ4v) is 3.19. The van der Waals surface area contributed by atoms with E-state index in [9.17, 15) is 4.79 Å². The second kappa shape index (κ2) is 6.35. The molecule has 1 amide bonds. The fourth-order valence-electron chi connectivity index (χ4n) is 2.16. The van der Waals surface area contributed by atoms with Crippen LogP contribution in [0.3, 0.4) is 0 Å². The van der Waals surface area contributed by atoms with E-state index in [-0.39, 0.29) is 11.2 Å². The molecule has 1 fully saturated rings. The van der Waals surface area contributed by atoms with Crippen LogP contribution in [0.1, 0.15) is 29.2 Å². The molecule has 0 spiro atoms. The average Bonchev–Trinajstić information content (AvgIpc) is 3.31. The minimum Gasteiger partial charge on any atom is -0.352 e. The van der Waals surface area contributed by atoms with Crippen molar-refractivity contribution in [2.45, 2.75) is 36.0 Å². The van der Waals surface area contributed by atoms with E-state index >= 15 is 0 Å². The molecule has 2 nitrogen and oxygen atoms in total. The Balaban J connectivity index is 1.80. The number of aryl methyl sites for hydroxylation is 1. The number of thioether (sulfide) groups is 1. The maximum Gasteiger partial charge on any atom is 0.238 e. The van der Waals surface area contributed by atoms with Gasteiger partial charge in [-0.1, -0.05) is 48.0 Å². The van der Waals surface area contributed by atoms with Crippen molar-refractivity contribution in [1.82, 2.24) is 5.32 Å². The summed E-state index contributed by atoms with van der Waals surface area (Å²) in [7, 11) is 0. The third-order valence-corrected chi connectivity index (χ3v) is 4.81. The summed E-state index contributed by atoms with van der Waals surface area (Å²) in [6.07, 6.45) is 2.23. The maximum absolute atomic E-state index is 12.5. The standard InChI is InChI=1S/C18H19NOS/c1-13-7-11-16(12-8-13)21-17(14-5-3-2-4-6-14)18(20)19-15-9-10-15/h2-8,11-12,15,17H,9-10H2,1H3,(H,19,20). The summed E-state index contributed by atoms with van der Waals surface area (Å²) in [4.78, 5) is 13.7. The lowest BCUT2D eigenvalue weighted by Gasteiger charge is -2.17. The first-order valence-corrected chi connectivity index (χ1v) is 8.19. The minimum absolute atomic E-state index is 0.120. The Morgan fingerprint density at radius 3 is 2.38 bits per heavy atom. The Morgan fingerprint density at radius 2 is 1.76 bits per heavy atom. The van der Waals surface area contributed by atoms with E-state index in [0.29, 0.717) is 6.04 Å². The fraction of sp³-hybridized carbons (Fsp3) is 0.278. The summed E-state index contributed by atoms with van der Waals surface area (Å²) in [5, 5.41) is 2.94. The maximum atomic E-state index is 12.5. The number of rotatable bonds is 5. The lowest BCUT2D eigenvalue weighted by atomic mass is 10.1. The van der Waals surface area contributed by atoms with Crippen molar-refractivity contribution in [3.05, 3.63) is 65.7 Å². The largest absolute Gasteiger partial charge is 0.352 e. The van der Waals surface area contributed by atoms with Crippen LogP contribution in [0, 0.1) is 6.92 Å². The number of amides is 1. The number of hydrogen-bond acceptors (Lipinski definition) is 2. The van der Waals surface area contributed by atoms with Gasteiger partial charge in [-0.05, 0) is 37.5 Å². The molecule has 0 heterocycles. The average molecular weight is 297 g/mol. The monoisotopic (exact) mass is 297 g/mol. The van der Waals surface area contributed by atoms with Crippen molar-refractivity contribution >= 4 is 17.7 Å². The van der Waals surface area contributed by atoms with Crippen LogP contribution in [0.4, 0.5) is 0 Å². The molecule has 1 unspecified atom stereocenters. The van der Waals surface area contributed by atoms with Crippen molar-refractivity contribution in [3.8, 4) is 0 Å². The Hall–Kier alpha value is -1.74. The summed E-state index contributed by atoms with van der Waals surface area (Å²) in [6.45, 7) is 2.07. The first-order chi connectivity index (χ1) is 10.2. The highest BCUT2D eigenvalue weighted by Crippen LogP contribution is 2.36. The van der Waals surface area contributed by atoms with Crippen molar-refractivity contribution < 1.29 is 4.79 Å². The van der Waals surface area contributed by atoms with Crippen LogP contribution in [0.5, 0.6) is 0 Å². The van der Waals surface area contributed by atoms with Gasteiger partial charge in [0.15, 0.2) is 0 Å². The molecule has 1 atom stereocenters. The van der Waals surface area contributed by atoms with E-state index < -0.39 is 0 Å². The number of nitrogens with one attached hydrogen (secondary N) is 1. The summed E-state index contributed by atoms with van der Waals surface area (Å²) < 4.78 is 0. The van der Waals surface area contributed by atoms with Crippen LogP contribution in [0.25, 0.3) is 0 Å². The zero-order valence-corrected chi connectivity index (χ0v) is 12.9. The van der Waals surface area contributed by atoms with Gasteiger partial charge in [0.05, 0.1) is 0 Å². The third-order valence-electron chi connectivity index (χ3n) is 3.54. The van der Waals surface area contributed by atoms with Gasteiger partial charge < -0.3 is 5.32 Å². The predicted molar refractivity (Wildman–Crippen MR) is 87.4 cm³/mol. The second-order valence-corrected chi connectivity index (χ2v) is 6.68. The van der Waals surface area contributed by atoms with E-state index in [4.69, 9.17) is 0 Å². The molecule has 1 aliphatic rings. The SMILES string of the molecule is Cc1ccc(SC(C(=O)NC2CC2)c2ccccc2)cc1. The zero-order valence-electron chi connectivity index (χ0n) is 12.1. The van der Waals surface area contributed by atoms with Gasteiger partial charge in [0.2, 0.25) is 5.91 Å². The highest BCUT2D eigenvalue weighted by Gasteiger charge is 2.28. The molecule has 2 aromatic rings. The van der Waals surface area contributed by atoms with Gasteiger partial charge in [0.1, 0.15) is 5.25 Å². The van der Waals surface area contributed by atoms with Crippen LogP contribution in [0.2, 0.25) is 0 Å². The molecule has 1 saturated carbocycles. The quantitative estimate of drug-likeness (QED) is 0.842. The van der Waals surface area contributed by atoms with Gasteiger partial charge in [-0.3, -0.25) is 4.79 Å². The van der Waals surface area contributed by atoms with E-state index in [1.165, 1.54) is 5.56 Å². The van der Waals surface area contributed by atoms with E-state index in [0.717, 1.165) is 23.3 Å². The van der Waals surface area contributed by atoms with E-state index in [1.807, 2.05) is 30.3 Å². The Bertz CT molecular complexity index is 605. The minimum atomic E-state index is -0.186. The molecule has 0 radical (unpaired) electrons. The smallest absolute Gasteiger partial charge is 0.238 e. The van der Waals surface area contributed by atoms with Crippen molar-refractivity contribution in [2.24, 2.45) is 0 Å². The number of carbonyl (C=O) groups excluding carboxylic acids is 1. The van der Waals surface area contributed by atoms with Gasteiger partial charge >= 0.3 is 0 Å². The molecule has 3 heteroatoms. The summed E-state index contributed by atoms with van der Waals surface area (Å²) in [5.74, 6) is 0.120. The van der Waals surface area contributed by atoms with Gasteiger partial charge in [0.25, 0.3) is 0 Å². The summed E-state index contributed by atoms with van der Waals surface area (Å²) in [5.41, 5.74) is 2.29. The molecule has 1 N–H and O–H groups in total. The van der Waals surface area contributed by atoms with Crippen molar-refractivity contribution in [1.29, 1.82) is 0 Å². The van der Waals surface area contributed by atoms with Crippen LogP contribution in [0.15, 0.2) is 59.5 Å². The van der Waals surface area contributed by atoms with Crippen molar-refractivity contribution in [2.75, 3.05) is 0 Å². The number of hydrogen-bond donors (Lipinski definition) is 1. The molecule has 108 valence electrons.